The van der Waals surface area contributed by atoms with E-state index in [1.54, 1.807) is 30.6 Å². The topological polar surface area (TPSA) is 120 Å². The second-order valence-corrected chi connectivity index (χ2v) is 9.73. The molecule has 1 aliphatic heterocycles. The highest BCUT2D eigenvalue weighted by Crippen LogP contribution is 2.63. The Morgan fingerprint density at radius 1 is 1.15 bits per heavy atom. The van der Waals surface area contributed by atoms with Gasteiger partial charge in [0.25, 0.3) is 0 Å². The van der Waals surface area contributed by atoms with Crippen LogP contribution in [0.5, 0.6) is 0 Å². The maximum Gasteiger partial charge on any atom is 0.162 e. The summed E-state index contributed by atoms with van der Waals surface area (Å²) in [6.07, 6.45) is 4.01. The normalized spacial score (nSPS) is 23.9. The van der Waals surface area contributed by atoms with Gasteiger partial charge in [0.15, 0.2) is 17.5 Å². The first-order valence-electron chi connectivity index (χ1n) is 10.5. The number of hydrogen-bond acceptors (Lipinski definition) is 8. The number of halogens is 3. The van der Waals surface area contributed by atoms with E-state index in [0.29, 0.717) is 39.4 Å². The Balaban J connectivity index is 1.36. The molecule has 2 aliphatic rings. The van der Waals surface area contributed by atoms with E-state index < -0.39 is 17.0 Å². The molecule has 0 bridgehead atoms. The SMILES string of the molecule is NC[C@]1(c2cccc(F)c2F)[C@@H]2CCN(c3cnc(Sc4ccnc(N)c4Cl)c(N)n3)C[C@@H]21. The molecule has 3 heterocycles. The Labute approximate surface area is 198 Å². The van der Waals surface area contributed by atoms with Gasteiger partial charge in [0.2, 0.25) is 0 Å². The lowest BCUT2D eigenvalue weighted by Crippen LogP contribution is -2.33. The fraction of sp³-hybridized carbons (Fsp3) is 0.318. The monoisotopic (exact) mass is 489 g/mol. The number of fused-ring (bicyclic) bond motifs is 1. The van der Waals surface area contributed by atoms with Crippen molar-refractivity contribution in [2.24, 2.45) is 17.6 Å². The van der Waals surface area contributed by atoms with Crippen LogP contribution in [0.15, 0.2) is 46.6 Å². The van der Waals surface area contributed by atoms with Crippen LogP contribution >= 0.6 is 23.4 Å². The molecule has 5 rings (SSSR count). The van der Waals surface area contributed by atoms with Crippen molar-refractivity contribution in [2.75, 3.05) is 36.0 Å². The van der Waals surface area contributed by atoms with Gasteiger partial charge in [-0.2, -0.15) is 0 Å². The number of hydrogen-bond donors (Lipinski definition) is 3. The molecule has 0 spiro atoms. The van der Waals surface area contributed by atoms with Crippen LogP contribution in [0.4, 0.5) is 26.2 Å². The lowest BCUT2D eigenvalue weighted by molar-refractivity contribution is 0.472. The first-order valence-corrected chi connectivity index (χ1v) is 11.7. The van der Waals surface area contributed by atoms with Crippen LogP contribution in [-0.4, -0.2) is 34.6 Å². The zero-order valence-corrected chi connectivity index (χ0v) is 19.1. The van der Waals surface area contributed by atoms with Gasteiger partial charge in [0.05, 0.1) is 11.2 Å². The van der Waals surface area contributed by atoms with Crippen LogP contribution in [0, 0.1) is 23.5 Å². The Morgan fingerprint density at radius 2 is 1.97 bits per heavy atom. The second kappa shape index (κ2) is 8.27. The van der Waals surface area contributed by atoms with Gasteiger partial charge < -0.3 is 22.1 Å². The summed E-state index contributed by atoms with van der Waals surface area (Å²) in [5.74, 6) is -0.211. The molecule has 7 nitrogen and oxygen atoms in total. The number of nitrogen functional groups attached to an aromatic ring is 2. The molecule has 6 N–H and O–H groups in total. The van der Waals surface area contributed by atoms with Gasteiger partial charge in [0.1, 0.15) is 16.7 Å². The molecular formula is C22H22ClF2N7S. The average molecular weight is 490 g/mol. The summed E-state index contributed by atoms with van der Waals surface area (Å²) < 4.78 is 28.5. The predicted molar refractivity (Wildman–Crippen MR) is 125 cm³/mol. The summed E-state index contributed by atoms with van der Waals surface area (Å²) in [5.41, 5.74) is 17.9. The minimum absolute atomic E-state index is 0.100. The van der Waals surface area contributed by atoms with E-state index in [2.05, 4.69) is 19.9 Å². The summed E-state index contributed by atoms with van der Waals surface area (Å²) in [4.78, 5) is 15.7. The average Bonchev–Trinajstić information content (AvgIpc) is 3.47. The predicted octanol–water partition coefficient (Wildman–Crippen LogP) is 3.47. The molecule has 1 saturated heterocycles. The Kier molecular flexibility index (Phi) is 5.54. The number of nitrogens with zero attached hydrogens (tertiary/aromatic N) is 4. The molecule has 1 aliphatic carbocycles. The zero-order valence-electron chi connectivity index (χ0n) is 17.5. The van der Waals surface area contributed by atoms with E-state index in [1.165, 1.54) is 11.8 Å². The van der Waals surface area contributed by atoms with Crippen LogP contribution < -0.4 is 22.1 Å². The summed E-state index contributed by atoms with van der Waals surface area (Å²) in [5, 5.41) is 0.844. The number of aromatic nitrogens is 3. The molecule has 1 aromatic carbocycles. The summed E-state index contributed by atoms with van der Waals surface area (Å²) in [6.45, 7) is 1.58. The fourth-order valence-electron chi connectivity index (χ4n) is 5.10. The van der Waals surface area contributed by atoms with Gasteiger partial charge in [-0.25, -0.2) is 23.7 Å². The summed E-state index contributed by atoms with van der Waals surface area (Å²) >= 11 is 7.48. The highest BCUT2D eigenvalue weighted by atomic mass is 35.5. The van der Waals surface area contributed by atoms with E-state index in [-0.39, 0.29) is 30.0 Å². The molecule has 11 heteroatoms. The quantitative estimate of drug-likeness (QED) is 0.498. The number of anilines is 3. The molecule has 1 saturated carbocycles. The summed E-state index contributed by atoms with van der Waals surface area (Å²) in [7, 11) is 0. The maximum atomic E-state index is 14.6. The molecule has 3 atom stereocenters. The van der Waals surface area contributed by atoms with Gasteiger partial charge in [-0.05, 0) is 36.0 Å². The van der Waals surface area contributed by atoms with Crippen molar-refractivity contribution in [3.8, 4) is 0 Å². The molecule has 33 heavy (non-hydrogen) atoms. The zero-order chi connectivity index (χ0) is 23.3. The van der Waals surface area contributed by atoms with Crippen molar-refractivity contribution in [1.29, 1.82) is 0 Å². The van der Waals surface area contributed by atoms with Crippen molar-refractivity contribution in [3.63, 3.8) is 0 Å². The third-order valence-corrected chi connectivity index (χ3v) is 8.36. The van der Waals surface area contributed by atoms with Crippen molar-refractivity contribution in [1.82, 2.24) is 15.0 Å². The van der Waals surface area contributed by atoms with Crippen LogP contribution in [0.2, 0.25) is 5.02 Å². The Morgan fingerprint density at radius 3 is 2.73 bits per heavy atom. The minimum atomic E-state index is -0.844. The van der Waals surface area contributed by atoms with Crippen molar-refractivity contribution in [2.45, 2.75) is 21.8 Å². The lowest BCUT2D eigenvalue weighted by atomic mass is 9.90. The number of benzene rings is 1. The highest BCUT2D eigenvalue weighted by Gasteiger charge is 2.66. The fourth-order valence-corrected chi connectivity index (χ4v) is 6.11. The van der Waals surface area contributed by atoms with Gasteiger partial charge in [-0.1, -0.05) is 35.5 Å². The molecule has 172 valence electrons. The van der Waals surface area contributed by atoms with Crippen LogP contribution in [-0.2, 0) is 5.41 Å². The van der Waals surface area contributed by atoms with Gasteiger partial charge in [-0.15, -0.1) is 0 Å². The van der Waals surface area contributed by atoms with E-state index in [9.17, 15) is 8.78 Å². The number of piperidine rings is 1. The molecule has 2 fully saturated rings. The Bertz CT molecular complexity index is 1230. The first kappa shape index (κ1) is 22.1. The minimum Gasteiger partial charge on any atom is -0.382 e. The smallest absolute Gasteiger partial charge is 0.162 e. The van der Waals surface area contributed by atoms with E-state index in [4.69, 9.17) is 28.8 Å². The number of nitrogens with two attached hydrogens (primary N) is 3. The van der Waals surface area contributed by atoms with Crippen molar-refractivity contribution >= 4 is 40.8 Å². The van der Waals surface area contributed by atoms with Gasteiger partial charge in [0, 0.05) is 36.1 Å². The van der Waals surface area contributed by atoms with Crippen LogP contribution in [0.1, 0.15) is 12.0 Å². The largest absolute Gasteiger partial charge is 0.382 e. The maximum absolute atomic E-state index is 14.6. The number of rotatable bonds is 5. The molecule has 3 aromatic rings. The van der Waals surface area contributed by atoms with Crippen molar-refractivity contribution < 1.29 is 8.78 Å². The van der Waals surface area contributed by atoms with Crippen LogP contribution in [0.3, 0.4) is 0 Å². The third kappa shape index (κ3) is 3.56. The van der Waals surface area contributed by atoms with Gasteiger partial charge in [-0.3, -0.25) is 0 Å². The van der Waals surface area contributed by atoms with Crippen molar-refractivity contribution in [3.05, 3.63) is 58.9 Å². The molecule has 0 radical (unpaired) electrons. The van der Waals surface area contributed by atoms with Gasteiger partial charge >= 0.3 is 0 Å². The highest BCUT2D eigenvalue weighted by molar-refractivity contribution is 7.99. The molecular weight excluding hydrogens is 468 g/mol. The standard InChI is InChI=1S/C22H22ClF2N7S/c23-17-15(4-6-29-19(17)27)33-21-20(28)31-16(8-30-21)32-7-5-11-13(9-32)22(11,10-26)12-2-1-3-14(24)18(12)25/h1-4,6,8,11,13H,5,7,9-10,26H2,(H2,27,29)(H2,28,31)/t11-,13+,22-/m1/s1. The first-order chi connectivity index (χ1) is 15.9. The van der Waals surface area contributed by atoms with Crippen LogP contribution in [0.25, 0.3) is 0 Å². The lowest BCUT2D eigenvalue weighted by Gasteiger charge is -2.27. The second-order valence-electron chi connectivity index (χ2n) is 8.32. The molecule has 2 aromatic heterocycles. The molecule has 0 amide bonds. The summed E-state index contributed by atoms with van der Waals surface area (Å²) in [6, 6.07) is 6.05. The Hall–Kier alpha value is -2.69. The third-order valence-electron chi connectivity index (χ3n) is 6.78. The van der Waals surface area contributed by atoms with E-state index >= 15 is 0 Å². The number of pyridine rings is 1. The molecule has 0 unspecified atom stereocenters. The van der Waals surface area contributed by atoms with E-state index in [1.807, 2.05) is 0 Å². The van der Waals surface area contributed by atoms with E-state index in [0.717, 1.165) is 12.5 Å².